The number of aromatic carboxylic acids is 1. The molecule has 1 heterocycles. The first-order valence-corrected chi connectivity index (χ1v) is 6.08. The molecule has 0 amide bonds. The van der Waals surface area contributed by atoms with Crippen LogP contribution < -0.4 is 5.32 Å². The number of aromatic nitrogens is 1. The molecule has 88 valence electrons. The largest absolute Gasteiger partial charge is 0.476 e. The van der Waals surface area contributed by atoms with Gasteiger partial charge in [0.05, 0.1) is 0 Å². The fourth-order valence-corrected chi connectivity index (χ4v) is 2.15. The normalized spacial score (nSPS) is 10.2. The van der Waals surface area contributed by atoms with Gasteiger partial charge in [-0.05, 0) is 11.6 Å². The standard InChI is InChI=1S/C11H9ClN2O2S/c12-8-4-2-1-3-7(8)5-13-11-14-9(6-17-11)10(15)16/h1-4,6H,5H2,(H,13,14)(H,15,16). The molecule has 1 aromatic carbocycles. The van der Waals surface area contributed by atoms with Crippen molar-refractivity contribution in [2.45, 2.75) is 6.54 Å². The zero-order valence-electron chi connectivity index (χ0n) is 8.68. The Labute approximate surface area is 107 Å². The number of hydrogen-bond acceptors (Lipinski definition) is 4. The lowest BCUT2D eigenvalue weighted by molar-refractivity contribution is 0.0691. The van der Waals surface area contributed by atoms with E-state index in [9.17, 15) is 4.79 Å². The number of carboxylic acids is 1. The van der Waals surface area contributed by atoms with Crippen LogP contribution in [0, 0.1) is 0 Å². The third-order valence-corrected chi connectivity index (χ3v) is 3.28. The fraction of sp³-hybridized carbons (Fsp3) is 0.0909. The Morgan fingerprint density at radius 2 is 2.24 bits per heavy atom. The highest BCUT2D eigenvalue weighted by atomic mass is 35.5. The zero-order valence-corrected chi connectivity index (χ0v) is 10.3. The van der Waals surface area contributed by atoms with Crippen LogP contribution in [0.25, 0.3) is 0 Å². The third-order valence-electron chi connectivity index (χ3n) is 2.11. The average Bonchev–Trinajstić information content (AvgIpc) is 2.77. The lowest BCUT2D eigenvalue weighted by Crippen LogP contribution is -2.01. The highest BCUT2D eigenvalue weighted by molar-refractivity contribution is 7.13. The third kappa shape index (κ3) is 2.95. The van der Waals surface area contributed by atoms with Gasteiger partial charge < -0.3 is 10.4 Å². The minimum absolute atomic E-state index is 0.0525. The SMILES string of the molecule is O=C(O)c1csc(NCc2ccccc2Cl)n1. The zero-order chi connectivity index (χ0) is 12.3. The maximum atomic E-state index is 10.6. The van der Waals surface area contributed by atoms with Crippen LogP contribution in [-0.2, 0) is 6.54 Å². The van der Waals surface area contributed by atoms with Crippen LogP contribution in [0.4, 0.5) is 5.13 Å². The summed E-state index contributed by atoms with van der Waals surface area (Å²) < 4.78 is 0. The number of hydrogen-bond donors (Lipinski definition) is 2. The van der Waals surface area contributed by atoms with Gasteiger partial charge in [-0.25, -0.2) is 9.78 Å². The first-order valence-electron chi connectivity index (χ1n) is 4.83. The predicted molar refractivity (Wildman–Crippen MR) is 67.9 cm³/mol. The maximum Gasteiger partial charge on any atom is 0.355 e. The van der Waals surface area contributed by atoms with Crippen molar-refractivity contribution in [3.63, 3.8) is 0 Å². The van der Waals surface area contributed by atoms with Crippen molar-refractivity contribution >= 4 is 34.0 Å². The van der Waals surface area contributed by atoms with E-state index in [1.54, 1.807) is 0 Å². The summed E-state index contributed by atoms with van der Waals surface area (Å²) in [5.74, 6) is -1.02. The van der Waals surface area contributed by atoms with Gasteiger partial charge >= 0.3 is 5.97 Å². The van der Waals surface area contributed by atoms with Crippen molar-refractivity contribution in [3.05, 3.63) is 45.9 Å². The van der Waals surface area contributed by atoms with Gasteiger partial charge in [0.15, 0.2) is 10.8 Å². The minimum Gasteiger partial charge on any atom is -0.476 e. The quantitative estimate of drug-likeness (QED) is 0.894. The van der Waals surface area contributed by atoms with Gasteiger partial charge in [0.2, 0.25) is 0 Å². The molecule has 0 aliphatic heterocycles. The summed E-state index contributed by atoms with van der Waals surface area (Å²) in [5, 5.41) is 14.5. The summed E-state index contributed by atoms with van der Waals surface area (Å²) >= 11 is 7.25. The Morgan fingerprint density at radius 1 is 1.47 bits per heavy atom. The summed E-state index contributed by atoms with van der Waals surface area (Å²) in [7, 11) is 0. The Hall–Kier alpha value is -1.59. The number of halogens is 1. The molecular formula is C11H9ClN2O2S. The smallest absolute Gasteiger partial charge is 0.355 e. The van der Waals surface area contributed by atoms with E-state index < -0.39 is 5.97 Å². The number of rotatable bonds is 4. The van der Waals surface area contributed by atoms with Crippen molar-refractivity contribution in [1.29, 1.82) is 0 Å². The summed E-state index contributed by atoms with van der Waals surface area (Å²) in [5.41, 5.74) is 0.998. The minimum atomic E-state index is -1.02. The molecule has 0 aliphatic rings. The van der Waals surface area contributed by atoms with E-state index in [0.29, 0.717) is 16.7 Å². The van der Waals surface area contributed by atoms with E-state index in [2.05, 4.69) is 10.3 Å². The molecule has 0 saturated carbocycles. The van der Waals surface area contributed by atoms with E-state index in [-0.39, 0.29) is 5.69 Å². The Kier molecular flexibility index (Phi) is 3.61. The molecule has 0 spiro atoms. The number of carbonyl (C=O) groups is 1. The molecule has 0 unspecified atom stereocenters. The molecule has 2 rings (SSSR count). The summed E-state index contributed by atoms with van der Waals surface area (Å²) in [6.45, 7) is 0.520. The lowest BCUT2D eigenvalue weighted by Gasteiger charge is -2.04. The molecule has 0 bridgehead atoms. The molecule has 0 saturated heterocycles. The Morgan fingerprint density at radius 3 is 2.88 bits per heavy atom. The summed E-state index contributed by atoms with van der Waals surface area (Å²) in [6, 6.07) is 7.47. The van der Waals surface area contributed by atoms with Crippen LogP contribution in [-0.4, -0.2) is 16.1 Å². The Bertz CT molecular complexity index is 542. The number of thiazole rings is 1. The topological polar surface area (TPSA) is 62.2 Å². The van der Waals surface area contributed by atoms with Crippen molar-refractivity contribution in [3.8, 4) is 0 Å². The lowest BCUT2D eigenvalue weighted by atomic mass is 10.2. The van der Waals surface area contributed by atoms with E-state index in [4.69, 9.17) is 16.7 Å². The van der Waals surface area contributed by atoms with E-state index in [1.165, 1.54) is 16.7 Å². The van der Waals surface area contributed by atoms with Gasteiger partial charge in [-0.3, -0.25) is 0 Å². The van der Waals surface area contributed by atoms with Crippen LogP contribution in [0.15, 0.2) is 29.6 Å². The van der Waals surface area contributed by atoms with Crippen LogP contribution in [0.1, 0.15) is 16.1 Å². The van der Waals surface area contributed by atoms with Crippen LogP contribution in [0.5, 0.6) is 0 Å². The van der Waals surface area contributed by atoms with Gasteiger partial charge in [-0.2, -0.15) is 0 Å². The van der Waals surface area contributed by atoms with Crippen LogP contribution in [0.2, 0.25) is 5.02 Å². The highest BCUT2D eigenvalue weighted by Gasteiger charge is 2.08. The molecule has 4 nitrogen and oxygen atoms in total. The monoisotopic (exact) mass is 268 g/mol. The van der Waals surface area contributed by atoms with Crippen molar-refractivity contribution in [2.75, 3.05) is 5.32 Å². The molecule has 17 heavy (non-hydrogen) atoms. The van der Waals surface area contributed by atoms with Crippen molar-refractivity contribution < 1.29 is 9.90 Å². The molecular weight excluding hydrogens is 260 g/mol. The van der Waals surface area contributed by atoms with Crippen molar-refractivity contribution in [1.82, 2.24) is 4.98 Å². The second kappa shape index (κ2) is 5.16. The van der Waals surface area contributed by atoms with Gasteiger partial charge in [0, 0.05) is 16.9 Å². The molecule has 2 aromatic rings. The molecule has 6 heteroatoms. The van der Waals surface area contributed by atoms with E-state index in [1.807, 2.05) is 24.3 Å². The summed E-state index contributed by atoms with van der Waals surface area (Å²) in [4.78, 5) is 14.6. The van der Waals surface area contributed by atoms with Crippen LogP contribution in [0.3, 0.4) is 0 Å². The van der Waals surface area contributed by atoms with E-state index >= 15 is 0 Å². The van der Waals surface area contributed by atoms with Gasteiger partial charge in [-0.15, -0.1) is 11.3 Å². The second-order valence-electron chi connectivity index (χ2n) is 3.29. The molecule has 0 atom stereocenters. The van der Waals surface area contributed by atoms with Gasteiger partial charge in [-0.1, -0.05) is 29.8 Å². The fourth-order valence-electron chi connectivity index (χ4n) is 1.27. The molecule has 0 aliphatic carbocycles. The van der Waals surface area contributed by atoms with Gasteiger partial charge in [0.1, 0.15) is 0 Å². The summed E-state index contributed by atoms with van der Waals surface area (Å²) in [6.07, 6.45) is 0. The first kappa shape index (κ1) is 11.9. The number of carboxylic acid groups (broad SMARTS) is 1. The number of nitrogens with zero attached hydrogens (tertiary/aromatic N) is 1. The molecule has 0 radical (unpaired) electrons. The van der Waals surface area contributed by atoms with Crippen LogP contribution >= 0.6 is 22.9 Å². The average molecular weight is 269 g/mol. The predicted octanol–water partition coefficient (Wildman–Crippen LogP) is 3.11. The van der Waals surface area contributed by atoms with E-state index in [0.717, 1.165) is 5.56 Å². The number of anilines is 1. The second-order valence-corrected chi connectivity index (χ2v) is 4.55. The number of nitrogens with one attached hydrogen (secondary N) is 1. The maximum absolute atomic E-state index is 10.6. The number of benzene rings is 1. The van der Waals surface area contributed by atoms with Crippen molar-refractivity contribution in [2.24, 2.45) is 0 Å². The highest BCUT2D eigenvalue weighted by Crippen LogP contribution is 2.19. The molecule has 0 fully saturated rings. The molecule has 2 N–H and O–H groups in total. The molecule has 1 aromatic heterocycles. The Balaban J connectivity index is 2.02. The first-order chi connectivity index (χ1) is 8.16. The van der Waals surface area contributed by atoms with Gasteiger partial charge in [0.25, 0.3) is 0 Å².